The molecule has 0 aliphatic rings. The highest BCUT2D eigenvalue weighted by Crippen LogP contribution is 2.23. The van der Waals surface area contributed by atoms with Crippen LogP contribution in [0, 0.1) is 6.92 Å². The first-order valence-electron chi connectivity index (χ1n) is 7.00. The molecule has 0 spiro atoms. The molecule has 2 aromatic carbocycles. The molecule has 1 aromatic heterocycles. The molecule has 21 heavy (non-hydrogen) atoms. The Bertz CT molecular complexity index is 774. The second-order valence-electron chi connectivity index (χ2n) is 5.21. The van der Waals surface area contributed by atoms with Crippen LogP contribution in [0.15, 0.2) is 59.0 Å². The van der Waals surface area contributed by atoms with Crippen molar-refractivity contribution in [1.29, 1.82) is 0 Å². The van der Waals surface area contributed by atoms with Gasteiger partial charge in [0.1, 0.15) is 5.58 Å². The Morgan fingerprint density at radius 3 is 2.57 bits per heavy atom. The van der Waals surface area contributed by atoms with Gasteiger partial charge in [0, 0.05) is 5.39 Å². The summed E-state index contributed by atoms with van der Waals surface area (Å²) in [7, 11) is 0. The molecule has 0 saturated heterocycles. The lowest BCUT2D eigenvalue weighted by molar-refractivity contribution is 0.0914. The van der Waals surface area contributed by atoms with E-state index in [2.05, 4.69) is 5.32 Å². The van der Waals surface area contributed by atoms with E-state index in [1.54, 1.807) is 6.07 Å². The number of rotatable bonds is 3. The van der Waals surface area contributed by atoms with Crippen LogP contribution in [0.1, 0.15) is 34.6 Å². The zero-order valence-corrected chi connectivity index (χ0v) is 12.1. The minimum absolute atomic E-state index is 0.0620. The van der Waals surface area contributed by atoms with Crippen LogP contribution in [0.3, 0.4) is 0 Å². The molecule has 0 bridgehead atoms. The van der Waals surface area contributed by atoms with Crippen molar-refractivity contribution in [2.24, 2.45) is 0 Å². The van der Waals surface area contributed by atoms with Gasteiger partial charge in [-0.25, -0.2) is 0 Å². The second kappa shape index (κ2) is 5.44. The molecule has 1 atom stereocenters. The van der Waals surface area contributed by atoms with E-state index in [9.17, 15) is 4.79 Å². The van der Waals surface area contributed by atoms with Gasteiger partial charge in [-0.1, -0.05) is 48.5 Å². The number of nitrogens with one attached hydrogen (secondary N) is 1. The Balaban J connectivity index is 1.82. The van der Waals surface area contributed by atoms with Gasteiger partial charge in [-0.3, -0.25) is 4.79 Å². The van der Waals surface area contributed by atoms with E-state index >= 15 is 0 Å². The number of hydrogen-bond donors (Lipinski definition) is 1. The van der Waals surface area contributed by atoms with Crippen LogP contribution >= 0.6 is 0 Å². The third-order valence-electron chi connectivity index (χ3n) is 3.61. The number of aryl methyl sites for hydroxylation is 1. The molecule has 1 amide bonds. The first-order valence-corrected chi connectivity index (χ1v) is 7.00. The van der Waals surface area contributed by atoms with Gasteiger partial charge < -0.3 is 9.73 Å². The van der Waals surface area contributed by atoms with Gasteiger partial charge in [0.25, 0.3) is 5.91 Å². The standard InChI is InChI=1S/C18H17NO2/c1-12-7-6-10-15-11-16(21-17(12)15)18(20)19-13(2)14-8-4-3-5-9-14/h3-11,13H,1-2H3,(H,19,20). The van der Waals surface area contributed by atoms with Gasteiger partial charge in [-0.2, -0.15) is 0 Å². The third kappa shape index (κ3) is 2.68. The first kappa shape index (κ1) is 13.4. The minimum Gasteiger partial charge on any atom is -0.451 e. The second-order valence-corrected chi connectivity index (χ2v) is 5.21. The highest BCUT2D eigenvalue weighted by atomic mass is 16.3. The summed E-state index contributed by atoms with van der Waals surface area (Å²) in [4.78, 5) is 12.3. The lowest BCUT2D eigenvalue weighted by Gasteiger charge is -2.12. The summed E-state index contributed by atoms with van der Waals surface area (Å²) in [5, 5.41) is 3.91. The molecule has 0 saturated carbocycles. The summed E-state index contributed by atoms with van der Waals surface area (Å²) in [5.74, 6) is 0.157. The summed E-state index contributed by atoms with van der Waals surface area (Å²) in [6, 6.07) is 17.5. The highest BCUT2D eigenvalue weighted by molar-refractivity contribution is 5.96. The summed E-state index contributed by atoms with van der Waals surface area (Å²) in [6.07, 6.45) is 0. The topological polar surface area (TPSA) is 42.2 Å². The summed E-state index contributed by atoms with van der Waals surface area (Å²) < 4.78 is 5.69. The van der Waals surface area contributed by atoms with E-state index in [0.717, 1.165) is 22.1 Å². The van der Waals surface area contributed by atoms with Gasteiger partial charge >= 0.3 is 0 Å². The van der Waals surface area contributed by atoms with Crippen LogP contribution in [0.4, 0.5) is 0 Å². The first-order chi connectivity index (χ1) is 10.1. The SMILES string of the molecule is Cc1cccc2cc(C(=O)NC(C)c3ccccc3)oc12. The van der Waals surface area contributed by atoms with Gasteiger partial charge in [-0.05, 0) is 31.0 Å². The van der Waals surface area contributed by atoms with E-state index < -0.39 is 0 Å². The van der Waals surface area contributed by atoms with Crippen LogP contribution in [-0.4, -0.2) is 5.91 Å². The summed E-state index contributed by atoms with van der Waals surface area (Å²) >= 11 is 0. The van der Waals surface area contributed by atoms with Crippen LogP contribution in [0.2, 0.25) is 0 Å². The van der Waals surface area contributed by atoms with E-state index in [-0.39, 0.29) is 11.9 Å². The van der Waals surface area contributed by atoms with Gasteiger partial charge in [0.15, 0.2) is 5.76 Å². The number of para-hydroxylation sites is 1. The molecule has 0 aliphatic heterocycles. The van der Waals surface area contributed by atoms with Crippen molar-refractivity contribution in [2.75, 3.05) is 0 Å². The Kier molecular flexibility index (Phi) is 3.48. The van der Waals surface area contributed by atoms with Crippen molar-refractivity contribution in [3.63, 3.8) is 0 Å². The number of amides is 1. The van der Waals surface area contributed by atoms with Gasteiger partial charge in [0.2, 0.25) is 0 Å². The lowest BCUT2D eigenvalue weighted by Crippen LogP contribution is -2.26. The Hall–Kier alpha value is -2.55. The fraction of sp³-hybridized carbons (Fsp3) is 0.167. The molecule has 3 aromatic rings. The van der Waals surface area contributed by atoms with Crippen molar-refractivity contribution >= 4 is 16.9 Å². The molecule has 1 unspecified atom stereocenters. The smallest absolute Gasteiger partial charge is 0.287 e. The molecule has 0 fully saturated rings. The molecule has 3 nitrogen and oxygen atoms in total. The Morgan fingerprint density at radius 1 is 1.10 bits per heavy atom. The zero-order chi connectivity index (χ0) is 14.8. The van der Waals surface area contributed by atoms with E-state index in [1.807, 2.05) is 62.4 Å². The monoisotopic (exact) mass is 279 g/mol. The zero-order valence-electron chi connectivity index (χ0n) is 12.1. The van der Waals surface area contributed by atoms with Crippen molar-refractivity contribution in [3.05, 3.63) is 71.5 Å². The average Bonchev–Trinajstić information content (AvgIpc) is 2.94. The van der Waals surface area contributed by atoms with Crippen LogP contribution in [-0.2, 0) is 0 Å². The third-order valence-corrected chi connectivity index (χ3v) is 3.61. The number of benzene rings is 2. The van der Waals surface area contributed by atoms with Gasteiger partial charge in [-0.15, -0.1) is 0 Å². The predicted octanol–water partition coefficient (Wildman–Crippen LogP) is 4.23. The molecule has 3 heteroatoms. The fourth-order valence-corrected chi connectivity index (χ4v) is 2.41. The van der Waals surface area contributed by atoms with Crippen LogP contribution in [0.5, 0.6) is 0 Å². The molecule has 106 valence electrons. The average molecular weight is 279 g/mol. The largest absolute Gasteiger partial charge is 0.451 e. The summed E-state index contributed by atoms with van der Waals surface area (Å²) in [6.45, 7) is 3.93. The van der Waals surface area contributed by atoms with Crippen LogP contribution < -0.4 is 5.32 Å². The van der Waals surface area contributed by atoms with Crippen molar-refractivity contribution < 1.29 is 9.21 Å². The normalized spacial score (nSPS) is 12.3. The maximum Gasteiger partial charge on any atom is 0.287 e. The molecular formula is C18H17NO2. The summed E-state index contributed by atoms with van der Waals surface area (Å²) in [5.41, 5.74) is 2.87. The minimum atomic E-state index is -0.193. The van der Waals surface area contributed by atoms with E-state index in [1.165, 1.54) is 0 Å². The van der Waals surface area contributed by atoms with Crippen molar-refractivity contribution in [3.8, 4) is 0 Å². The number of carbonyl (C=O) groups is 1. The van der Waals surface area contributed by atoms with Crippen molar-refractivity contribution in [2.45, 2.75) is 19.9 Å². The molecule has 1 N–H and O–H groups in total. The Morgan fingerprint density at radius 2 is 1.86 bits per heavy atom. The van der Waals surface area contributed by atoms with Gasteiger partial charge in [0.05, 0.1) is 6.04 Å². The molecule has 3 rings (SSSR count). The number of carbonyl (C=O) groups excluding carboxylic acids is 1. The van der Waals surface area contributed by atoms with E-state index in [4.69, 9.17) is 4.42 Å². The molecule has 1 heterocycles. The quantitative estimate of drug-likeness (QED) is 0.779. The van der Waals surface area contributed by atoms with E-state index in [0.29, 0.717) is 5.76 Å². The number of furan rings is 1. The molecule has 0 radical (unpaired) electrons. The fourth-order valence-electron chi connectivity index (χ4n) is 2.41. The number of hydrogen-bond acceptors (Lipinski definition) is 2. The maximum atomic E-state index is 12.3. The lowest BCUT2D eigenvalue weighted by atomic mass is 10.1. The Labute approximate surface area is 123 Å². The predicted molar refractivity (Wildman–Crippen MR) is 83.3 cm³/mol. The molecular weight excluding hydrogens is 262 g/mol. The highest BCUT2D eigenvalue weighted by Gasteiger charge is 2.16. The molecule has 0 aliphatic carbocycles. The van der Waals surface area contributed by atoms with Crippen molar-refractivity contribution in [1.82, 2.24) is 5.32 Å². The van der Waals surface area contributed by atoms with Crippen LogP contribution in [0.25, 0.3) is 11.0 Å². The number of fused-ring (bicyclic) bond motifs is 1. The maximum absolute atomic E-state index is 12.3.